The number of ether oxygens (including phenoxy) is 4. The van der Waals surface area contributed by atoms with Crippen molar-refractivity contribution in [3.8, 4) is 0 Å². The fraction of sp³-hybridized carbons (Fsp3) is 0.950. The Morgan fingerprint density at radius 2 is 1.46 bits per heavy atom. The van der Waals surface area contributed by atoms with Crippen molar-refractivity contribution in [2.24, 2.45) is 23.7 Å². The minimum Gasteiger partial charge on any atom is -0.735 e. The van der Waals surface area contributed by atoms with Gasteiger partial charge >= 0.3 is 0 Å². The SMILES string of the molecule is CC[C@H]1OC(COS(=O)(=O)[O-])[C@@H](COC[C@@H]2OC(C(=O)[O-])[C@@H](COC)[C@@H](C)C2OS(=O)(=O)[O-])[C@@H](C)C1NS(=O)(=O)[O-]. The number of nitrogens with one attached hydrogen (secondary N) is 1. The zero-order chi connectivity index (χ0) is 31.3. The first-order valence-electron chi connectivity index (χ1n) is 12.3. The third kappa shape index (κ3) is 10.9. The molecule has 2 aliphatic rings. The molecule has 21 heteroatoms. The molecular formula is C20H33NO17S3-4. The highest BCUT2D eigenvalue weighted by atomic mass is 32.3. The van der Waals surface area contributed by atoms with Crippen molar-refractivity contribution in [2.45, 2.75) is 63.8 Å². The van der Waals surface area contributed by atoms with Crippen LogP contribution in [0.1, 0.15) is 27.2 Å². The van der Waals surface area contributed by atoms with E-state index in [1.807, 2.05) is 4.72 Å². The highest BCUT2D eigenvalue weighted by molar-refractivity contribution is 7.83. The Kier molecular flexibility index (Phi) is 12.9. The van der Waals surface area contributed by atoms with Crippen LogP contribution in [0.5, 0.6) is 0 Å². The van der Waals surface area contributed by atoms with Gasteiger partial charge in [-0.15, -0.1) is 0 Å². The van der Waals surface area contributed by atoms with Crippen LogP contribution in [-0.2, 0) is 63.2 Å². The predicted molar refractivity (Wildman–Crippen MR) is 127 cm³/mol. The second-order valence-electron chi connectivity index (χ2n) is 9.83. The summed E-state index contributed by atoms with van der Waals surface area (Å²) in [6.07, 6.45) is -6.46. The number of methoxy groups -OCH3 is 1. The minimum absolute atomic E-state index is 0.176. The van der Waals surface area contributed by atoms with Crippen molar-refractivity contribution in [3.05, 3.63) is 0 Å². The fourth-order valence-corrected chi connectivity index (χ4v) is 6.82. The molecule has 0 spiro atoms. The van der Waals surface area contributed by atoms with Crippen LogP contribution in [0, 0.1) is 23.7 Å². The number of hydrogen-bond donors (Lipinski definition) is 1. The zero-order valence-corrected chi connectivity index (χ0v) is 24.9. The van der Waals surface area contributed by atoms with E-state index in [1.54, 1.807) is 6.92 Å². The molecule has 2 fully saturated rings. The maximum Gasteiger partial charge on any atom is 0.218 e. The van der Waals surface area contributed by atoms with Crippen molar-refractivity contribution in [3.63, 3.8) is 0 Å². The average Bonchev–Trinajstić information content (AvgIpc) is 2.82. The molecule has 0 radical (unpaired) electrons. The first-order chi connectivity index (χ1) is 18.8. The number of aliphatic carboxylic acids is 1. The lowest BCUT2D eigenvalue weighted by molar-refractivity contribution is -0.329. The molecule has 4 unspecified atom stereocenters. The second-order valence-corrected chi connectivity index (χ2v) is 13.0. The van der Waals surface area contributed by atoms with Gasteiger partial charge in [-0.3, -0.25) is 8.37 Å². The van der Waals surface area contributed by atoms with Crippen LogP contribution in [0.2, 0.25) is 0 Å². The molecule has 0 aromatic heterocycles. The summed E-state index contributed by atoms with van der Waals surface area (Å²) in [7, 11) is -14.1. The Morgan fingerprint density at radius 1 is 0.829 bits per heavy atom. The normalized spacial score (nSPS) is 35.3. The molecule has 10 atom stereocenters. The van der Waals surface area contributed by atoms with Crippen LogP contribution in [-0.4, -0.2) is 115 Å². The second kappa shape index (κ2) is 14.6. The van der Waals surface area contributed by atoms with E-state index in [4.69, 9.17) is 18.9 Å². The van der Waals surface area contributed by atoms with Gasteiger partial charge in [-0.2, -0.15) is 0 Å². The number of carbonyl (C=O) groups excluding carboxylic acids is 1. The van der Waals surface area contributed by atoms with Gasteiger partial charge in [0.15, 0.2) is 10.3 Å². The maximum atomic E-state index is 11.8. The van der Waals surface area contributed by atoms with Gasteiger partial charge in [0, 0.05) is 25.0 Å². The van der Waals surface area contributed by atoms with Gasteiger partial charge < -0.3 is 42.5 Å². The highest BCUT2D eigenvalue weighted by Gasteiger charge is 2.47. The molecule has 0 aromatic carbocycles. The Morgan fingerprint density at radius 3 is 1.95 bits per heavy atom. The third-order valence-electron chi connectivity index (χ3n) is 7.21. The molecule has 1 N–H and O–H groups in total. The number of hydrogen-bond acceptors (Lipinski definition) is 17. The average molecular weight is 656 g/mol. The molecule has 41 heavy (non-hydrogen) atoms. The Hall–Kier alpha value is -1.08. The van der Waals surface area contributed by atoms with Gasteiger partial charge in [-0.05, 0) is 18.3 Å². The maximum absolute atomic E-state index is 11.8. The van der Waals surface area contributed by atoms with Crippen molar-refractivity contribution < 1.29 is 76.1 Å². The molecule has 0 aromatic rings. The summed E-state index contributed by atoms with van der Waals surface area (Å²) in [4.78, 5) is 11.8. The number of carbonyl (C=O) groups is 1. The van der Waals surface area contributed by atoms with Gasteiger partial charge in [0.25, 0.3) is 0 Å². The minimum atomic E-state index is -5.29. The quantitative estimate of drug-likeness (QED) is 0.133. The molecule has 0 amide bonds. The first kappa shape index (κ1) is 36.1. The summed E-state index contributed by atoms with van der Waals surface area (Å²) < 4.78 is 135. The largest absolute Gasteiger partial charge is 0.735 e. The van der Waals surface area contributed by atoms with E-state index in [0.29, 0.717) is 0 Å². The Bertz CT molecular complexity index is 1190. The number of carboxylic acids is 1. The van der Waals surface area contributed by atoms with Gasteiger partial charge in [0.05, 0.1) is 44.6 Å². The summed E-state index contributed by atoms with van der Waals surface area (Å²) >= 11 is 0. The van der Waals surface area contributed by atoms with Crippen molar-refractivity contribution in [1.29, 1.82) is 0 Å². The monoisotopic (exact) mass is 655 g/mol. The predicted octanol–water partition coefficient (Wildman–Crippen LogP) is -3.41. The van der Waals surface area contributed by atoms with E-state index in [0.717, 1.165) is 0 Å². The van der Waals surface area contributed by atoms with Crippen LogP contribution >= 0.6 is 0 Å². The molecule has 2 rings (SSSR count). The summed E-state index contributed by atoms with van der Waals surface area (Å²) in [6, 6.07) is -1.10. The van der Waals surface area contributed by atoms with Crippen molar-refractivity contribution in [2.75, 3.05) is 33.5 Å². The lowest BCUT2D eigenvalue weighted by Crippen LogP contribution is -2.60. The molecule has 0 aliphatic carbocycles. The lowest BCUT2D eigenvalue weighted by Gasteiger charge is -2.47. The molecule has 242 valence electrons. The smallest absolute Gasteiger partial charge is 0.218 e. The first-order valence-corrected chi connectivity index (χ1v) is 16.4. The third-order valence-corrected chi connectivity index (χ3v) is 8.66. The van der Waals surface area contributed by atoms with E-state index in [-0.39, 0.29) is 13.0 Å². The fourth-order valence-electron chi connectivity index (χ4n) is 5.25. The molecule has 2 heterocycles. The molecule has 0 saturated carbocycles. The molecular weight excluding hydrogens is 622 g/mol. The van der Waals surface area contributed by atoms with E-state index in [2.05, 4.69) is 8.37 Å². The van der Waals surface area contributed by atoms with Crippen LogP contribution in [0.15, 0.2) is 0 Å². The van der Waals surface area contributed by atoms with Gasteiger partial charge in [0.2, 0.25) is 20.8 Å². The topological polar surface area (TPSA) is 279 Å². The van der Waals surface area contributed by atoms with Gasteiger partial charge in [-0.25, -0.2) is 30.0 Å². The summed E-state index contributed by atoms with van der Waals surface area (Å²) in [5.41, 5.74) is 0. The highest BCUT2D eigenvalue weighted by Crippen LogP contribution is 2.36. The van der Waals surface area contributed by atoms with Crippen LogP contribution in [0.25, 0.3) is 0 Å². The van der Waals surface area contributed by atoms with Gasteiger partial charge in [0.1, 0.15) is 18.3 Å². The molecule has 2 aliphatic heterocycles. The summed E-state index contributed by atoms with van der Waals surface area (Å²) in [6.45, 7) is 2.59. The molecule has 0 bridgehead atoms. The van der Waals surface area contributed by atoms with Crippen molar-refractivity contribution in [1.82, 2.24) is 4.72 Å². The molecule has 18 nitrogen and oxygen atoms in total. The van der Waals surface area contributed by atoms with Crippen LogP contribution in [0.3, 0.4) is 0 Å². The van der Waals surface area contributed by atoms with Gasteiger partial charge in [-0.1, -0.05) is 20.8 Å². The standard InChI is InChI=1S/C20H37NO17S3/c1-5-14-17(21-39(24,25)26)10(2)12(15(36-14)9-35-40(27,28)29)7-34-8-16-18(38-41(30,31)32)11(3)13(6-33-4)19(37-16)20(22)23/h10-19,21H,5-9H2,1-4H3,(H,22,23)(H,24,25,26)(H,27,28,29)(H,30,31,32)/p-4/t10-,11-,12+,13+,14-,15?,16+,17?,18?,19?/m1/s1. The summed E-state index contributed by atoms with van der Waals surface area (Å²) in [5.74, 6) is -5.24. The van der Waals surface area contributed by atoms with Crippen LogP contribution < -0.4 is 9.83 Å². The van der Waals surface area contributed by atoms with Crippen molar-refractivity contribution >= 4 is 37.1 Å². The van der Waals surface area contributed by atoms with E-state index in [9.17, 15) is 48.8 Å². The number of carboxylic acid groups (broad SMARTS) is 1. The van der Waals surface area contributed by atoms with E-state index >= 15 is 0 Å². The number of rotatable bonds is 15. The zero-order valence-electron chi connectivity index (χ0n) is 22.5. The Labute approximate surface area is 238 Å². The summed E-state index contributed by atoms with van der Waals surface area (Å²) in [5, 5.41) is 11.8. The van der Waals surface area contributed by atoms with E-state index in [1.165, 1.54) is 21.0 Å². The van der Waals surface area contributed by atoms with Crippen LogP contribution in [0.4, 0.5) is 0 Å². The molecule has 2 saturated heterocycles. The Balaban J connectivity index is 2.30. The van der Waals surface area contributed by atoms with E-state index < -0.39 is 117 Å². The lowest BCUT2D eigenvalue weighted by atomic mass is 9.79.